The fraction of sp³-hybridized carbons (Fsp3) is 0.231. The van der Waals surface area contributed by atoms with Crippen molar-refractivity contribution in [3.63, 3.8) is 0 Å². The van der Waals surface area contributed by atoms with Crippen molar-refractivity contribution in [2.24, 2.45) is 0 Å². The summed E-state index contributed by atoms with van der Waals surface area (Å²) in [5, 5.41) is 0. The van der Waals surface area contributed by atoms with Gasteiger partial charge in [-0.2, -0.15) is 0 Å². The summed E-state index contributed by atoms with van der Waals surface area (Å²) < 4.78 is 49.4. The third kappa shape index (κ3) is 8.97. The van der Waals surface area contributed by atoms with Gasteiger partial charge in [0.2, 0.25) is 11.8 Å². The Bertz CT molecular complexity index is 1670. The molecule has 0 spiro atoms. The van der Waals surface area contributed by atoms with E-state index in [0.717, 1.165) is 23.5 Å². The van der Waals surface area contributed by atoms with Crippen LogP contribution in [0.3, 0.4) is 0 Å². The molecule has 244 valence electrons. The van der Waals surface area contributed by atoms with Crippen molar-refractivity contribution >= 4 is 100 Å². The van der Waals surface area contributed by atoms with Crippen molar-refractivity contribution in [1.29, 1.82) is 0 Å². The first-order valence-electron chi connectivity index (χ1n) is 13.3. The predicted molar refractivity (Wildman–Crippen MR) is 179 cm³/mol. The number of nitrogens with zero attached hydrogens (tertiary/aromatic N) is 2. The van der Waals surface area contributed by atoms with Crippen LogP contribution in [-0.4, -0.2) is 72.0 Å². The highest BCUT2D eigenvalue weighted by Crippen LogP contribution is 2.42. The van der Waals surface area contributed by atoms with Crippen molar-refractivity contribution in [2.75, 3.05) is 13.1 Å². The number of hydrogen-bond donors (Lipinski definition) is 4. The van der Waals surface area contributed by atoms with E-state index in [4.69, 9.17) is 24.4 Å². The first-order valence-corrected chi connectivity index (χ1v) is 18.7. The minimum atomic E-state index is -3.94. The van der Waals surface area contributed by atoms with E-state index in [9.17, 15) is 36.0 Å². The Balaban J connectivity index is 1.23. The second-order valence-electron chi connectivity index (χ2n) is 9.45. The van der Waals surface area contributed by atoms with Gasteiger partial charge in [0.25, 0.3) is 31.9 Å². The average molecular weight is 743 g/mol. The third-order valence-electron chi connectivity index (χ3n) is 6.23. The smallest absolute Gasteiger partial charge is 0.267 e. The maximum Gasteiger partial charge on any atom is 0.267 e. The van der Waals surface area contributed by atoms with Crippen molar-refractivity contribution < 1.29 is 36.0 Å². The predicted octanol–water partition coefficient (Wildman–Crippen LogP) is 1.50. The summed E-state index contributed by atoms with van der Waals surface area (Å²) in [5.74, 6) is -2.28. The van der Waals surface area contributed by atoms with Crippen LogP contribution in [0, 0.1) is 0 Å². The highest BCUT2D eigenvalue weighted by atomic mass is 32.2. The van der Waals surface area contributed by atoms with Crippen molar-refractivity contribution in [1.82, 2.24) is 30.3 Å². The summed E-state index contributed by atoms with van der Waals surface area (Å²) in [5.41, 5.74) is 4.26. The number of benzene rings is 2. The Hall–Kier alpha value is -3.24. The maximum absolute atomic E-state index is 13.1. The van der Waals surface area contributed by atoms with E-state index in [1.54, 1.807) is 36.4 Å². The van der Waals surface area contributed by atoms with Crippen molar-refractivity contribution in [2.45, 2.75) is 35.5 Å². The molecule has 2 aromatic rings. The van der Waals surface area contributed by atoms with Crippen molar-refractivity contribution in [3.8, 4) is 0 Å². The maximum atomic E-state index is 13.1. The van der Waals surface area contributed by atoms with E-state index < -0.39 is 43.7 Å². The van der Waals surface area contributed by atoms with Crippen molar-refractivity contribution in [3.05, 3.63) is 70.5 Å². The SMILES string of the molecule is O=C(CCCN1C(=O)/C(=C2\SC(=S)N(CCCC(=O)NNS(=O)(=O)c3ccccc3)C2=O)SC1=S)NNS(=O)(=O)c1ccccc1. The number of amides is 4. The van der Waals surface area contributed by atoms with E-state index in [2.05, 4.69) is 10.9 Å². The molecule has 2 heterocycles. The first-order chi connectivity index (χ1) is 21.8. The molecule has 2 saturated heterocycles. The molecule has 2 aliphatic rings. The molecule has 2 aliphatic heterocycles. The molecule has 0 unspecified atom stereocenters. The largest absolute Gasteiger partial charge is 0.293 e. The summed E-state index contributed by atoms with van der Waals surface area (Å²) in [6.07, 6.45) is 0.0759. The molecule has 14 nitrogen and oxygen atoms in total. The Labute approximate surface area is 284 Å². The van der Waals surface area contributed by atoms with E-state index in [0.29, 0.717) is 0 Å². The third-order valence-corrected chi connectivity index (χ3v) is 11.8. The lowest BCUT2D eigenvalue weighted by atomic mass is 10.2. The first kappa shape index (κ1) is 35.6. The number of carbonyl (C=O) groups excluding carboxylic acids is 4. The second-order valence-corrected chi connectivity index (χ2v) is 16.1. The van der Waals surface area contributed by atoms with E-state index in [1.807, 2.05) is 9.66 Å². The topological polar surface area (TPSA) is 191 Å². The number of rotatable bonds is 14. The van der Waals surface area contributed by atoms with Gasteiger partial charge in [-0.1, -0.05) is 84.4 Å². The van der Waals surface area contributed by atoms with Gasteiger partial charge in [0.1, 0.15) is 8.64 Å². The molecule has 2 aromatic carbocycles. The van der Waals surface area contributed by atoms with Crippen LogP contribution >= 0.6 is 48.0 Å². The molecule has 0 atom stereocenters. The standard InChI is InChI=1S/C26H26N6O8S6/c33-19(27-29-45(37,38)17-9-3-1-4-10-17)13-7-15-31-23(35)21(43-25(31)41)22-24(36)32(26(42)44-22)16-8-14-20(34)28-30-46(39,40)18-11-5-2-6-12-18/h1-6,9-12,29-30H,7-8,13-16H2,(H,27,33)(H,28,34)/b22-21+. The number of thiocarbonyl (C=S) groups is 2. The molecule has 2 fully saturated rings. The Kier molecular flexibility index (Phi) is 12.1. The molecule has 4 amide bonds. The Morgan fingerprint density at radius 1 is 0.630 bits per heavy atom. The fourth-order valence-electron chi connectivity index (χ4n) is 3.94. The van der Waals surface area contributed by atoms with Crippen LogP contribution < -0.4 is 20.5 Å². The zero-order valence-electron chi connectivity index (χ0n) is 23.6. The molecule has 0 bridgehead atoms. The Morgan fingerprint density at radius 2 is 0.978 bits per heavy atom. The number of hydrogen-bond acceptors (Lipinski definition) is 12. The molecular weight excluding hydrogens is 717 g/mol. The van der Waals surface area contributed by atoms with Gasteiger partial charge in [-0.05, 0) is 37.1 Å². The zero-order chi connectivity index (χ0) is 33.5. The number of carbonyl (C=O) groups is 4. The van der Waals surface area contributed by atoms with Crippen LogP contribution in [0.25, 0.3) is 0 Å². The molecule has 0 aliphatic carbocycles. The van der Waals surface area contributed by atoms with Crippen LogP contribution in [0.5, 0.6) is 0 Å². The van der Waals surface area contributed by atoms with Gasteiger partial charge in [0.15, 0.2) is 0 Å². The average Bonchev–Trinajstić information content (AvgIpc) is 3.48. The molecule has 4 N–H and O–H groups in total. The summed E-state index contributed by atoms with van der Waals surface area (Å²) in [4.78, 5) is 57.4. The highest BCUT2D eigenvalue weighted by molar-refractivity contribution is 8.29. The van der Waals surface area contributed by atoms with E-state index in [-0.39, 0.29) is 67.0 Å². The van der Waals surface area contributed by atoms with E-state index in [1.165, 1.54) is 34.1 Å². The van der Waals surface area contributed by atoms with Gasteiger partial charge in [0.05, 0.1) is 19.6 Å². The Morgan fingerprint density at radius 3 is 1.33 bits per heavy atom. The number of sulfonamides is 2. The van der Waals surface area contributed by atoms with Crippen LogP contribution in [0.4, 0.5) is 0 Å². The summed E-state index contributed by atoms with van der Waals surface area (Å²) >= 11 is 12.5. The zero-order valence-corrected chi connectivity index (χ0v) is 28.5. The number of thioether (sulfide) groups is 2. The molecule has 4 rings (SSSR count). The van der Waals surface area contributed by atoms with Gasteiger partial charge in [-0.3, -0.25) is 39.8 Å². The fourth-order valence-corrected chi connectivity index (χ4v) is 8.48. The molecule has 0 radical (unpaired) electrons. The normalized spacial score (nSPS) is 17.1. The quantitative estimate of drug-likeness (QED) is 0.124. The van der Waals surface area contributed by atoms with Crippen LogP contribution in [0.15, 0.2) is 80.3 Å². The highest BCUT2D eigenvalue weighted by Gasteiger charge is 2.41. The molecular formula is C26H26N6O8S6. The van der Waals surface area contributed by atoms with Gasteiger partial charge in [0, 0.05) is 25.9 Å². The second kappa shape index (κ2) is 15.6. The minimum absolute atomic E-state index is 0.0202. The van der Waals surface area contributed by atoms with Crippen LogP contribution in [0.2, 0.25) is 0 Å². The number of nitrogens with one attached hydrogen (secondary N) is 4. The van der Waals surface area contributed by atoms with Crippen LogP contribution in [0.1, 0.15) is 25.7 Å². The molecule has 0 aromatic heterocycles. The molecule has 0 saturated carbocycles. The minimum Gasteiger partial charge on any atom is -0.293 e. The van der Waals surface area contributed by atoms with Gasteiger partial charge in [-0.25, -0.2) is 16.8 Å². The monoisotopic (exact) mass is 742 g/mol. The van der Waals surface area contributed by atoms with Crippen LogP contribution in [-0.2, 0) is 39.2 Å². The molecule has 20 heteroatoms. The lowest BCUT2D eigenvalue weighted by Gasteiger charge is -2.15. The van der Waals surface area contributed by atoms with Gasteiger partial charge in [-0.15, -0.1) is 9.66 Å². The lowest BCUT2D eigenvalue weighted by Crippen LogP contribution is -2.41. The summed E-state index contributed by atoms with van der Waals surface area (Å²) in [6.45, 7) is 0.104. The summed E-state index contributed by atoms with van der Waals surface area (Å²) in [7, 11) is -7.89. The van der Waals surface area contributed by atoms with E-state index >= 15 is 0 Å². The van der Waals surface area contributed by atoms with Gasteiger partial charge < -0.3 is 0 Å². The number of hydrazine groups is 2. The lowest BCUT2D eigenvalue weighted by molar-refractivity contribution is -0.125. The molecule has 46 heavy (non-hydrogen) atoms. The van der Waals surface area contributed by atoms with Gasteiger partial charge >= 0.3 is 0 Å². The summed E-state index contributed by atoms with van der Waals surface area (Å²) in [6, 6.07) is 15.0.